The molecule has 0 fully saturated rings. The van der Waals surface area contributed by atoms with Gasteiger partial charge >= 0.3 is 5.97 Å². The molecule has 3 N–H and O–H groups in total. The van der Waals surface area contributed by atoms with Crippen molar-refractivity contribution in [3.63, 3.8) is 0 Å². The molecule has 0 unspecified atom stereocenters. The average molecular weight is 205 g/mol. The SMILES string of the molecule is Cc1cc(C(=O)O)cc(/C=C/CN)c1C. The topological polar surface area (TPSA) is 63.3 Å². The highest BCUT2D eigenvalue weighted by molar-refractivity contribution is 5.89. The fraction of sp³-hybridized carbons (Fsp3) is 0.250. The van der Waals surface area contributed by atoms with Crippen LogP contribution in [0.4, 0.5) is 0 Å². The van der Waals surface area contributed by atoms with Gasteiger partial charge in [0.25, 0.3) is 0 Å². The van der Waals surface area contributed by atoms with E-state index in [4.69, 9.17) is 10.8 Å². The highest BCUT2D eigenvalue weighted by Gasteiger charge is 2.07. The van der Waals surface area contributed by atoms with Crippen molar-refractivity contribution in [3.05, 3.63) is 40.5 Å². The van der Waals surface area contributed by atoms with Crippen LogP contribution in [0.1, 0.15) is 27.0 Å². The zero-order valence-corrected chi connectivity index (χ0v) is 8.95. The fourth-order valence-electron chi connectivity index (χ4n) is 1.38. The average Bonchev–Trinajstić information content (AvgIpc) is 2.19. The molecule has 0 saturated heterocycles. The van der Waals surface area contributed by atoms with Gasteiger partial charge in [-0.1, -0.05) is 12.2 Å². The maximum Gasteiger partial charge on any atom is 0.335 e. The summed E-state index contributed by atoms with van der Waals surface area (Å²) in [5, 5.41) is 8.90. The van der Waals surface area contributed by atoms with Crippen LogP contribution in [0.3, 0.4) is 0 Å². The van der Waals surface area contributed by atoms with Gasteiger partial charge in [0.15, 0.2) is 0 Å². The quantitative estimate of drug-likeness (QED) is 0.793. The van der Waals surface area contributed by atoms with Crippen molar-refractivity contribution < 1.29 is 9.90 Å². The molecule has 3 heteroatoms. The third-order valence-corrected chi connectivity index (χ3v) is 2.39. The molecule has 0 saturated carbocycles. The largest absolute Gasteiger partial charge is 0.478 e. The molecular formula is C12H15NO2. The molecule has 0 aromatic heterocycles. The molecule has 0 atom stereocenters. The second-order valence-electron chi connectivity index (χ2n) is 3.45. The van der Waals surface area contributed by atoms with Crippen LogP contribution < -0.4 is 5.73 Å². The third kappa shape index (κ3) is 2.67. The summed E-state index contributed by atoms with van der Waals surface area (Å²) in [5.74, 6) is -0.902. The Balaban J connectivity index is 3.24. The summed E-state index contributed by atoms with van der Waals surface area (Å²) >= 11 is 0. The molecule has 0 aliphatic heterocycles. The molecule has 1 aromatic carbocycles. The molecule has 1 aromatic rings. The highest BCUT2D eigenvalue weighted by Crippen LogP contribution is 2.17. The molecule has 80 valence electrons. The Hall–Kier alpha value is -1.61. The van der Waals surface area contributed by atoms with Gasteiger partial charge < -0.3 is 10.8 Å². The van der Waals surface area contributed by atoms with E-state index in [0.29, 0.717) is 12.1 Å². The van der Waals surface area contributed by atoms with Crippen molar-refractivity contribution >= 4 is 12.0 Å². The molecule has 1 rings (SSSR count). The number of benzene rings is 1. The van der Waals surface area contributed by atoms with Crippen molar-refractivity contribution in [3.8, 4) is 0 Å². The highest BCUT2D eigenvalue weighted by atomic mass is 16.4. The molecule has 0 radical (unpaired) electrons. The summed E-state index contributed by atoms with van der Waals surface area (Å²) in [5.41, 5.74) is 8.65. The van der Waals surface area contributed by atoms with Crippen molar-refractivity contribution in [2.45, 2.75) is 13.8 Å². The monoisotopic (exact) mass is 205 g/mol. The molecule has 0 aliphatic rings. The van der Waals surface area contributed by atoms with E-state index in [9.17, 15) is 4.79 Å². The predicted octanol–water partition coefficient (Wildman–Crippen LogP) is 1.97. The van der Waals surface area contributed by atoms with Crippen molar-refractivity contribution in [2.75, 3.05) is 6.54 Å². The van der Waals surface area contributed by atoms with Crippen LogP contribution in [0.15, 0.2) is 18.2 Å². The zero-order chi connectivity index (χ0) is 11.4. The van der Waals surface area contributed by atoms with Crippen LogP contribution in [-0.2, 0) is 0 Å². The lowest BCUT2D eigenvalue weighted by molar-refractivity contribution is 0.0696. The number of aromatic carboxylic acids is 1. The van der Waals surface area contributed by atoms with Gasteiger partial charge in [0, 0.05) is 6.54 Å². The molecule has 15 heavy (non-hydrogen) atoms. The molecule has 0 aliphatic carbocycles. The Morgan fingerprint density at radius 1 is 1.47 bits per heavy atom. The summed E-state index contributed by atoms with van der Waals surface area (Å²) in [7, 11) is 0. The second-order valence-corrected chi connectivity index (χ2v) is 3.45. The van der Waals surface area contributed by atoms with Crippen LogP contribution in [-0.4, -0.2) is 17.6 Å². The zero-order valence-electron chi connectivity index (χ0n) is 8.95. The molecule has 0 bridgehead atoms. The summed E-state index contributed by atoms with van der Waals surface area (Å²) in [6, 6.07) is 3.34. The predicted molar refractivity (Wildman–Crippen MR) is 61.0 cm³/mol. The number of rotatable bonds is 3. The minimum absolute atomic E-state index is 0.315. The number of nitrogens with two attached hydrogens (primary N) is 1. The van der Waals surface area contributed by atoms with E-state index in [1.54, 1.807) is 12.1 Å². The third-order valence-electron chi connectivity index (χ3n) is 2.39. The normalized spacial score (nSPS) is 10.9. The van der Waals surface area contributed by atoms with Gasteiger partial charge in [0.05, 0.1) is 5.56 Å². The van der Waals surface area contributed by atoms with Crippen LogP contribution in [0.25, 0.3) is 6.08 Å². The van der Waals surface area contributed by atoms with Gasteiger partial charge in [-0.2, -0.15) is 0 Å². The maximum absolute atomic E-state index is 10.8. The number of carboxylic acids is 1. The van der Waals surface area contributed by atoms with Crippen LogP contribution in [0.2, 0.25) is 0 Å². The van der Waals surface area contributed by atoms with Gasteiger partial charge in [-0.05, 0) is 42.7 Å². The van der Waals surface area contributed by atoms with E-state index in [-0.39, 0.29) is 0 Å². The smallest absolute Gasteiger partial charge is 0.335 e. The molecule has 3 nitrogen and oxygen atoms in total. The lowest BCUT2D eigenvalue weighted by atomic mass is 9.99. The van der Waals surface area contributed by atoms with Gasteiger partial charge in [0.1, 0.15) is 0 Å². The number of hydrogen-bond donors (Lipinski definition) is 2. The number of carboxylic acid groups (broad SMARTS) is 1. The first-order valence-corrected chi connectivity index (χ1v) is 4.77. The van der Waals surface area contributed by atoms with Crippen molar-refractivity contribution in [1.29, 1.82) is 0 Å². The number of carbonyl (C=O) groups is 1. The number of aryl methyl sites for hydroxylation is 1. The second kappa shape index (κ2) is 4.75. The number of hydrogen-bond acceptors (Lipinski definition) is 2. The van der Waals surface area contributed by atoms with E-state index in [2.05, 4.69) is 0 Å². The maximum atomic E-state index is 10.8. The summed E-state index contributed by atoms with van der Waals surface area (Å²) in [4.78, 5) is 10.8. The van der Waals surface area contributed by atoms with Crippen molar-refractivity contribution in [1.82, 2.24) is 0 Å². The molecule has 0 amide bonds. The van der Waals surface area contributed by atoms with E-state index < -0.39 is 5.97 Å². The van der Waals surface area contributed by atoms with Gasteiger partial charge in [-0.25, -0.2) is 4.79 Å². The molecule has 0 spiro atoms. The van der Waals surface area contributed by atoms with Gasteiger partial charge in [0.2, 0.25) is 0 Å². The first-order valence-electron chi connectivity index (χ1n) is 4.77. The minimum Gasteiger partial charge on any atom is -0.478 e. The van der Waals surface area contributed by atoms with Crippen molar-refractivity contribution in [2.24, 2.45) is 5.73 Å². The van der Waals surface area contributed by atoms with E-state index >= 15 is 0 Å². The molecular weight excluding hydrogens is 190 g/mol. The van der Waals surface area contributed by atoms with Gasteiger partial charge in [-0.3, -0.25) is 0 Å². The first kappa shape index (κ1) is 11.5. The summed E-state index contributed by atoms with van der Waals surface area (Å²) < 4.78 is 0. The summed E-state index contributed by atoms with van der Waals surface area (Å²) in [6.07, 6.45) is 3.67. The van der Waals surface area contributed by atoms with Gasteiger partial charge in [-0.15, -0.1) is 0 Å². The fourth-order valence-corrected chi connectivity index (χ4v) is 1.38. The first-order chi connectivity index (χ1) is 7.06. The lowest BCUT2D eigenvalue weighted by Gasteiger charge is -2.06. The van der Waals surface area contributed by atoms with Crippen LogP contribution >= 0.6 is 0 Å². The Bertz CT molecular complexity index is 408. The summed E-state index contributed by atoms with van der Waals surface area (Å²) in [6.45, 7) is 4.33. The van der Waals surface area contributed by atoms with E-state index in [1.165, 1.54) is 0 Å². The molecule has 0 heterocycles. The lowest BCUT2D eigenvalue weighted by Crippen LogP contribution is -2.00. The van der Waals surface area contributed by atoms with Crippen LogP contribution in [0.5, 0.6) is 0 Å². The van der Waals surface area contributed by atoms with E-state index in [1.807, 2.05) is 26.0 Å². The van der Waals surface area contributed by atoms with E-state index in [0.717, 1.165) is 16.7 Å². The Morgan fingerprint density at radius 3 is 2.67 bits per heavy atom. The Kier molecular flexibility index (Phi) is 3.63. The minimum atomic E-state index is -0.902. The Labute approximate surface area is 89.2 Å². The Morgan fingerprint density at radius 2 is 2.13 bits per heavy atom. The standard InChI is InChI=1S/C12H15NO2/c1-8-6-11(12(14)15)7-10(9(8)2)4-3-5-13/h3-4,6-7H,5,13H2,1-2H3,(H,14,15)/b4-3+. The van der Waals surface area contributed by atoms with Crippen LogP contribution in [0, 0.1) is 13.8 Å².